The van der Waals surface area contributed by atoms with Gasteiger partial charge in [-0.05, 0) is 43.3 Å². The zero-order valence-corrected chi connectivity index (χ0v) is 14.2. The van der Waals surface area contributed by atoms with Crippen LogP contribution in [0.1, 0.15) is 45.1 Å². The summed E-state index contributed by atoms with van der Waals surface area (Å²) in [5.74, 6) is 1.35. The van der Waals surface area contributed by atoms with E-state index < -0.39 is 0 Å². The fourth-order valence-corrected chi connectivity index (χ4v) is 3.38. The maximum Gasteiger partial charge on any atom is 0.230 e. The maximum absolute atomic E-state index is 13.0. The molecular formula is C19H30N2O. The van der Waals surface area contributed by atoms with Gasteiger partial charge in [0.05, 0.1) is 5.92 Å². The maximum atomic E-state index is 13.0. The molecule has 1 fully saturated rings. The van der Waals surface area contributed by atoms with Gasteiger partial charge < -0.3 is 10.2 Å². The minimum atomic E-state index is -0.00785. The van der Waals surface area contributed by atoms with Crippen molar-refractivity contribution in [3.05, 3.63) is 35.9 Å². The number of piperidine rings is 1. The minimum absolute atomic E-state index is 0.00785. The molecule has 1 N–H and O–H groups in total. The molecular weight excluding hydrogens is 272 g/mol. The van der Waals surface area contributed by atoms with E-state index in [9.17, 15) is 4.79 Å². The number of hydrogen-bond acceptors (Lipinski definition) is 2. The molecule has 1 atom stereocenters. The summed E-state index contributed by atoms with van der Waals surface area (Å²) in [6.45, 7) is 10.4. The van der Waals surface area contributed by atoms with Gasteiger partial charge in [-0.1, -0.05) is 51.1 Å². The Balaban J connectivity index is 1.98. The largest absolute Gasteiger partial charge is 0.342 e. The smallest absolute Gasteiger partial charge is 0.230 e. The first-order chi connectivity index (χ1) is 10.6. The van der Waals surface area contributed by atoms with Crippen molar-refractivity contribution < 1.29 is 4.79 Å². The molecule has 1 amide bonds. The number of carbonyl (C=O) groups excluding carboxylic acids is 1. The third-order valence-corrected chi connectivity index (χ3v) is 4.70. The van der Waals surface area contributed by atoms with Crippen molar-refractivity contribution in [2.24, 2.45) is 11.8 Å². The number of carbonyl (C=O) groups is 1. The molecule has 1 saturated heterocycles. The van der Waals surface area contributed by atoms with Crippen molar-refractivity contribution in [1.82, 2.24) is 10.2 Å². The zero-order chi connectivity index (χ0) is 15.9. The van der Waals surface area contributed by atoms with Gasteiger partial charge in [-0.25, -0.2) is 0 Å². The normalized spacial score (nSPS) is 17.7. The molecule has 2 rings (SSSR count). The van der Waals surface area contributed by atoms with Gasteiger partial charge in [-0.3, -0.25) is 4.79 Å². The Bertz CT molecular complexity index is 450. The van der Waals surface area contributed by atoms with Gasteiger partial charge in [0, 0.05) is 13.1 Å². The van der Waals surface area contributed by atoms with E-state index in [-0.39, 0.29) is 5.92 Å². The molecule has 3 heteroatoms. The van der Waals surface area contributed by atoms with Crippen LogP contribution >= 0.6 is 0 Å². The second-order valence-electron chi connectivity index (χ2n) is 6.71. The second kappa shape index (κ2) is 8.33. The van der Waals surface area contributed by atoms with E-state index in [1.807, 2.05) is 18.2 Å². The van der Waals surface area contributed by atoms with Crippen molar-refractivity contribution >= 4 is 5.91 Å². The molecule has 0 aliphatic carbocycles. The average Bonchev–Trinajstić information content (AvgIpc) is 2.54. The Morgan fingerprint density at radius 1 is 1.23 bits per heavy atom. The number of likely N-dealkylation sites (tertiary alicyclic amines) is 1. The number of nitrogens with one attached hydrogen (secondary N) is 1. The van der Waals surface area contributed by atoms with E-state index in [0.717, 1.165) is 50.5 Å². The average molecular weight is 302 g/mol. The molecule has 1 aliphatic heterocycles. The number of nitrogens with zero attached hydrogens (tertiary/aromatic N) is 1. The highest BCUT2D eigenvalue weighted by Crippen LogP contribution is 2.28. The van der Waals surface area contributed by atoms with Gasteiger partial charge >= 0.3 is 0 Å². The van der Waals surface area contributed by atoms with Crippen molar-refractivity contribution in [2.75, 3.05) is 26.2 Å². The van der Waals surface area contributed by atoms with Gasteiger partial charge in [-0.15, -0.1) is 0 Å². The predicted octanol–water partition coefficient (Wildman–Crippen LogP) is 3.27. The molecule has 0 saturated carbocycles. The third-order valence-electron chi connectivity index (χ3n) is 4.70. The molecule has 3 nitrogen and oxygen atoms in total. The molecule has 0 aromatic heterocycles. The zero-order valence-electron chi connectivity index (χ0n) is 14.2. The van der Waals surface area contributed by atoms with Crippen LogP contribution in [0.2, 0.25) is 0 Å². The minimum Gasteiger partial charge on any atom is -0.342 e. The molecule has 1 aromatic carbocycles. The predicted molar refractivity (Wildman–Crippen MR) is 91.9 cm³/mol. The van der Waals surface area contributed by atoms with Crippen molar-refractivity contribution in [1.29, 1.82) is 0 Å². The summed E-state index contributed by atoms with van der Waals surface area (Å²) in [5, 5.41) is 3.43. The Labute approximate surface area is 135 Å². The molecule has 1 aliphatic rings. The molecule has 0 spiro atoms. The first-order valence-corrected chi connectivity index (χ1v) is 8.68. The van der Waals surface area contributed by atoms with Crippen LogP contribution in [0, 0.1) is 11.8 Å². The molecule has 1 heterocycles. The van der Waals surface area contributed by atoms with Gasteiger partial charge in [0.2, 0.25) is 5.91 Å². The molecule has 1 aromatic rings. The van der Waals surface area contributed by atoms with Gasteiger partial charge in [0.15, 0.2) is 0 Å². The highest BCUT2D eigenvalue weighted by Gasteiger charge is 2.30. The van der Waals surface area contributed by atoms with Crippen molar-refractivity contribution in [2.45, 2.75) is 39.5 Å². The lowest BCUT2D eigenvalue weighted by Crippen LogP contribution is -2.43. The number of hydrogen-bond donors (Lipinski definition) is 1. The van der Waals surface area contributed by atoms with E-state index in [1.165, 1.54) is 0 Å². The van der Waals surface area contributed by atoms with E-state index in [0.29, 0.717) is 11.8 Å². The standard InChI is InChI=1S/C19H30N2O/c1-4-20-14-16-10-12-21(13-11-16)19(22)18(15(2)3)17-8-6-5-7-9-17/h5-9,15-16,18,20H,4,10-14H2,1-3H3. The summed E-state index contributed by atoms with van der Waals surface area (Å²) in [6, 6.07) is 10.2. The highest BCUT2D eigenvalue weighted by molar-refractivity contribution is 5.84. The molecule has 22 heavy (non-hydrogen) atoms. The van der Waals surface area contributed by atoms with E-state index in [1.54, 1.807) is 0 Å². The summed E-state index contributed by atoms with van der Waals surface area (Å²) < 4.78 is 0. The van der Waals surface area contributed by atoms with Crippen molar-refractivity contribution in [3.63, 3.8) is 0 Å². The molecule has 0 radical (unpaired) electrons. The van der Waals surface area contributed by atoms with Gasteiger partial charge in [0.1, 0.15) is 0 Å². The summed E-state index contributed by atoms with van der Waals surface area (Å²) in [7, 11) is 0. The second-order valence-corrected chi connectivity index (χ2v) is 6.71. The van der Waals surface area contributed by atoms with Crippen LogP contribution in [0.3, 0.4) is 0 Å². The fraction of sp³-hybridized carbons (Fsp3) is 0.632. The molecule has 1 unspecified atom stereocenters. The molecule has 0 bridgehead atoms. The monoisotopic (exact) mass is 302 g/mol. The van der Waals surface area contributed by atoms with E-state index >= 15 is 0 Å². The number of benzene rings is 1. The Hall–Kier alpha value is -1.35. The first kappa shape index (κ1) is 17.0. The summed E-state index contributed by atoms with van der Waals surface area (Å²) >= 11 is 0. The van der Waals surface area contributed by atoms with Crippen LogP contribution in [0.25, 0.3) is 0 Å². The van der Waals surface area contributed by atoms with Gasteiger partial charge in [-0.2, -0.15) is 0 Å². The lowest BCUT2D eigenvalue weighted by molar-refractivity contribution is -0.135. The lowest BCUT2D eigenvalue weighted by atomic mass is 9.86. The third kappa shape index (κ3) is 4.33. The SMILES string of the molecule is CCNCC1CCN(C(=O)C(c2ccccc2)C(C)C)CC1. The van der Waals surface area contributed by atoms with Crippen LogP contribution in [0.4, 0.5) is 0 Å². The summed E-state index contributed by atoms with van der Waals surface area (Å²) in [6.07, 6.45) is 2.25. The lowest BCUT2D eigenvalue weighted by Gasteiger charge is -2.35. The Morgan fingerprint density at radius 3 is 2.41 bits per heavy atom. The number of amides is 1. The van der Waals surface area contributed by atoms with E-state index in [2.05, 4.69) is 43.1 Å². The highest BCUT2D eigenvalue weighted by atomic mass is 16.2. The first-order valence-electron chi connectivity index (χ1n) is 8.68. The quantitative estimate of drug-likeness (QED) is 0.874. The number of rotatable bonds is 6. The van der Waals surface area contributed by atoms with Crippen LogP contribution in [0.15, 0.2) is 30.3 Å². The van der Waals surface area contributed by atoms with Crippen LogP contribution in [-0.2, 0) is 4.79 Å². The Morgan fingerprint density at radius 2 is 1.86 bits per heavy atom. The van der Waals surface area contributed by atoms with Crippen LogP contribution < -0.4 is 5.32 Å². The van der Waals surface area contributed by atoms with Crippen molar-refractivity contribution in [3.8, 4) is 0 Å². The fourth-order valence-electron chi connectivity index (χ4n) is 3.38. The topological polar surface area (TPSA) is 32.3 Å². The van der Waals surface area contributed by atoms with Gasteiger partial charge in [0.25, 0.3) is 0 Å². The van der Waals surface area contributed by atoms with E-state index in [4.69, 9.17) is 0 Å². The summed E-state index contributed by atoms with van der Waals surface area (Å²) in [4.78, 5) is 15.1. The Kier molecular flexibility index (Phi) is 6.44. The summed E-state index contributed by atoms with van der Waals surface area (Å²) in [5.41, 5.74) is 1.15. The van der Waals surface area contributed by atoms with Crippen LogP contribution in [-0.4, -0.2) is 37.0 Å². The molecule has 122 valence electrons. The van der Waals surface area contributed by atoms with Crippen LogP contribution in [0.5, 0.6) is 0 Å².